The summed E-state index contributed by atoms with van der Waals surface area (Å²) in [7, 11) is 0. The molecular formula is C21H26N2. The Morgan fingerprint density at radius 1 is 0.739 bits per heavy atom. The molecule has 2 aromatic rings. The summed E-state index contributed by atoms with van der Waals surface area (Å²) in [6.45, 7) is 4.72. The topological polar surface area (TPSA) is 15.3 Å². The standard InChI is InChI=1S/C21H26N2/c1-3-7-17(8-4-1)18-11-13-23(14-12-18)21-16-22-15-20(21)19-9-5-2-6-10-19/h1-10,18,20-22H,11-16H2/t20-,21+/m1/s1. The summed E-state index contributed by atoms with van der Waals surface area (Å²) in [5.41, 5.74) is 3.02. The number of piperidine rings is 1. The van der Waals surface area contributed by atoms with E-state index in [9.17, 15) is 0 Å². The summed E-state index contributed by atoms with van der Waals surface area (Å²) in [5.74, 6) is 1.39. The average molecular weight is 306 g/mol. The Morgan fingerprint density at radius 3 is 2.00 bits per heavy atom. The van der Waals surface area contributed by atoms with Gasteiger partial charge in [0, 0.05) is 25.0 Å². The maximum atomic E-state index is 3.62. The van der Waals surface area contributed by atoms with Gasteiger partial charge in [0.05, 0.1) is 0 Å². The highest BCUT2D eigenvalue weighted by atomic mass is 15.2. The molecule has 2 fully saturated rings. The van der Waals surface area contributed by atoms with Gasteiger partial charge in [-0.3, -0.25) is 4.90 Å². The van der Waals surface area contributed by atoms with Gasteiger partial charge in [-0.1, -0.05) is 60.7 Å². The molecule has 2 aliphatic heterocycles. The largest absolute Gasteiger partial charge is 0.314 e. The number of likely N-dealkylation sites (tertiary alicyclic amines) is 1. The highest BCUT2D eigenvalue weighted by Gasteiger charge is 2.34. The van der Waals surface area contributed by atoms with E-state index in [1.165, 1.54) is 37.1 Å². The van der Waals surface area contributed by atoms with E-state index in [1.807, 2.05) is 0 Å². The van der Waals surface area contributed by atoms with Gasteiger partial charge in [0.2, 0.25) is 0 Å². The first-order chi connectivity index (χ1) is 11.4. The molecular weight excluding hydrogens is 280 g/mol. The van der Waals surface area contributed by atoms with Crippen LogP contribution in [0.15, 0.2) is 60.7 Å². The molecule has 0 radical (unpaired) electrons. The number of nitrogens with one attached hydrogen (secondary N) is 1. The van der Waals surface area contributed by atoms with Crippen LogP contribution in [0.3, 0.4) is 0 Å². The molecule has 0 saturated carbocycles. The lowest BCUT2D eigenvalue weighted by Gasteiger charge is -2.38. The third kappa shape index (κ3) is 3.19. The number of hydrogen-bond acceptors (Lipinski definition) is 2. The van der Waals surface area contributed by atoms with E-state index in [0.717, 1.165) is 19.0 Å². The summed E-state index contributed by atoms with van der Waals surface area (Å²) in [5, 5.41) is 3.62. The van der Waals surface area contributed by atoms with Gasteiger partial charge >= 0.3 is 0 Å². The summed E-state index contributed by atoms with van der Waals surface area (Å²) >= 11 is 0. The van der Waals surface area contributed by atoms with Crippen molar-refractivity contribution in [3.05, 3.63) is 71.8 Å². The van der Waals surface area contributed by atoms with E-state index < -0.39 is 0 Å². The molecule has 23 heavy (non-hydrogen) atoms. The summed E-state index contributed by atoms with van der Waals surface area (Å²) in [6, 6.07) is 22.8. The van der Waals surface area contributed by atoms with Crippen molar-refractivity contribution in [2.45, 2.75) is 30.7 Å². The zero-order valence-corrected chi connectivity index (χ0v) is 13.7. The van der Waals surface area contributed by atoms with Gasteiger partial charge in [-0.2, -0.15) is 0 Å². The number of benzene rings is 2. The van der Waals surface area contributed by atoms with E-state index >= 15 is 0 Å². The Balaban J connectivity index is 1.42. The second kappa shape index (κ2) is 6.86. The van der Waals surface area contributed by atoms with Crippen LogP contribution in [0.25, 0.3) is 0 Å². The lowest BCUT2D eigenvalue weighted by Crippen LogP contribution is -2.44. The second-order valence-electron chi connectivity index (χ2n) is 6.96. The molecule has 0 spiro atoms. The molecule has 0 aromatic heterocycles. The molecule has 1 N–H and O–H groups in total. The van der Waals surface area contributed by atoms with Crippen molar-refractivity contribution in [2.75, 3.05) is 26.2 Å². The van der Waals surface area contributed by atoms with Crippen molar-refractivity contribution in [1.29, 1.82) is 0 Å². The fourth-order valence-corrected chi connectivity index (χ4v) is 4.38. The number of rotatable bonds is 3. The van der Waals surface area contributed by atoms with E-state index in [0.29, 0.717) is 12.0 Å². The van der Waals surface area contributed by atoms with E-state index in [2.05, 4.69) is 70.9 Å². The minimum atomic E-state index is 0.643. The zero-order chi connectivity index (χ0) is 15.5. The highest BCUT2D eigenvalue weighted by Crippen LogP contribution is 2.33. The minimum absolute atomic E-state index is 0.643. The molecule has 2 heteroatoms. The van der Waals surface area contributed by atoms with Crippen LogP contribution in [0.2, 0.25) is 0 Å². The van der Waals surface area contributed by atoms with Crippen LogP contribution >= 0.6 is 0 Å². The van der Waals surface area contributed by atoms with Crippen molar-refractivity contribution in [1.82, 2.24) is 10.2 Å². The Labute approximate surface area is 139 Å². The van der Waals surface area contributed by atoms with Crippen LogP contribution < -0.4 is 5.32 Å². The predicted octanol–water partition coefficient (Wildman–Crippen LogP) is 3.62. The second-order valence-corrected chi connectivity index (χ2v) is 6.96. The molecule has 120 valence electrons. The Kier molecular flexibility index (Phi) is 4.45. The van der Waals surface area contributed by atoms with E-state index in [-0.39, 0.29) is 0 Å². The SMILES string of the molecule is c1ccc(C2CCN([C@H]3CNC[C@@H]3c3ccccc3)CC2)cc1. The number of nitrogens with zero attached hydrogens (tertiary/aromatic N) is 1. The Hall–Kier alpha value is -1.64. The van der Waals surface area contributed by atoms with Crippen LogP contribution in [-0.4, -0.2) is 37.1 Å². The molecule has 2 aromatic carbocycles. The van der Waals surface area contributed by atoms with Gasteiger partial charge < -0.3 is 5.32 Å². The molecule has 2 atom stereocenters. The van der Waals surface area contributed by atoms with Gasteiger partial charge in [0.1, 0.15) is 0 Å². The monoisotopic (exact) mass is 306 g/mol. The molecule has 0 amide bonds. The first kappa shape index (κ1) is 14.9. The summed E-state index contributed by atoms with van der Waals surface area (Å²) in [4.78, 5) is 2.73. The third-order valence-corrected chi connectivity index (χ3v) is 5.68. The maximum Gasteiger partial charge on any atom is 0.0301 e. The summed E-state index contributed by atoms with van der Waals surface area (Å²) in [6.07, 6.45) is 2.59. The maximum absolute atomic E-state index is 3.62. The Morgan fingerprint density at radius 2 is 1.35 bits per heavy atom. The van der Waals surface area contributed by atoms with Crippen LogP contribution in [0.1, 0.15) is 35.8 Å². The Bertz CT molecular complexity index is 602. The van der Waals surface area contributed by atoms with Gasteiger partial charge in [-0.05, 0) is 43.0 Å². The molecule has 4 rings (SSSR count). The van der Waals surface area contributed by atoms with Gasteiger partial charge in [-0.15, -0.1) is 0 Å². The smallest absolute Gasteiger partial charge is 0.0301 e. The average Bonchev–Trinajstić information content (AvgIpc) is 3.13. The minimum Gasteiger partial charge on any atom is -0.314 e. The normalized spacial score (nSPS) is 26.4. The molecule has 2 nitrogen and oxygen atoms in total. The molecule has 0 aliphatic carbocycles. The molecule has 2 saturated heterocycles. The fourth-order valence-electron chi connectivity index (χ4n) is 4.38. The quantitative estimate of drug-likeness (QED) is 0.931. The lowest BCUT2D eigenvalue weighted by molar-refractivity contribution is 0.151. The molecule has 0 unspecified atom stereocenters. The van der Waals surface area contributed by atoms with Crippen LogP contribution in [-0.2, 0) is 0 Å². The van der Waals surface area contributed by atoms with Crippen molar-refractivity contribution < 1.29 is 0 Å². The predicted molar refractivity (Wildman–Crippen MR) is 95.8 cm³/mol. The van der Waals surface area contributed by atoms with Crippen LogP contribution in [0.5, 0.6) is 0 Å². The van der Waals surface area contributed by atoms with Gasteiger partial charge in [-0.25, -0.2) is 0 Å². The first-order valence-corrected chi connectivity index (χ1v) is 8.96. The zero-order valence-electron chi connectivity index (χ0n) is 13.7. The van der Waals surface area contributed by atoms with E-state index in [4.69, 9.17) is 0 Å². The lowest BCUT2D eigenvalue weighted by atomic mass is 9.87. The molecule has 2 heterocycles. The van der Waals surface area contributed by atoms with Crippen molar-refractivity contribution in [2.24, 2.45) is 0 Å². The van der Waals surface area contributed by atoms with Crippen LogP contribution in [0, 0.1) is 0 Å². The molecule has 0 bridgehead atoms. The van der Waals surface area contributed by atoms with E-state index in [1.54, 1.807) is 0 Å². The van der Waals surface area contributed by atoms with Gasteiger partial charge in [0.25, 0.3) is 0 Å². The first-order valence-electron chi connectivity index (χ1n) is 8.96. The van der Waals surface area contributed by atoms with Crippen LogP contribution in [0.4, 0.5) is 0 Å². The van der Waals surface area contributed by atoms with Gasteiger partial charge in [0.15, 0.2) is 0 Å². The van der Waals surface area contributed by atoms with Crippen molar-refractivity contribution >= 4 is 0 Å². The van der Waals surface area contributed by atoms with Crippen molar-refractivity contribution in [3.8, 4) is 0 Å². The van der Waals surface area contributed by atoms with Crippen molar-refractivity contribution in [3.63, 3.8) is 0 Å². The number of hydrogen-bond donors (Lipinski definition) is 1. The molecule has 2 aliphatic rings. The third-order valence-electron chi connectivity index (χ3n) is 5.68. The fraction of sp³-hybridized carbons (Fsp3) is 0.429. The highest BCUT2D eigenvalue weighted by molar-refractivity contribution is 5.24. The summed E-state index contributed by atoms with van der Waals surface area (Å²) < 4.78 is 0.